The molecule has 4 heteroatoms. The van der Waals surface area contributed by atoms with E-state index in [1.165, 1.54) is 122 Å². The second-order valence-corrected chi connectivity index (χ2v) is 19.6. The number of nitrogens with zero attached hydrogens (tertiary/aromatic N) is 1. The lowest BCUT2D eigenvalue weighted by Gasteiger charge is -2.29. The lowest BCUT2D eigenvalue weighted by atomic mass is 9.97. The van der Waals surface area contributed by atoms with E-state index in [4.69, 9.17) is 0 Å². The van der Waals surface area contributed by atoms with E-state index in [0.29, 0.717) is 0 Å². The zero-order valence-corrected chi connectivity index (χ0v) is 37.0. The molecule has 0 amide bonds. The van der Waals surface area contributed by atoms with Crippen LogP contribution in [0.5, 0.6) is 0 Å². The van der Waals surface area contributed by atoms with Crippen LogP contribution in [-0.4, -0.2) is 0 Å². The van der Waals surface area contributed by atoms with Gasteiger partial charge in [-0.25, -0.2) is 0 Å². The van der Waals surface area contributed by atoms with Crippen LogP contribution in [0.3, 0.4) is 0 Å². The highest BCUT2D eigenvalue weighted by atomic mass is 32.1. The molecule has 0 fully saturated rings. The highest BCUT2D eigenvalue weighted by Crippen LogP contribution is 2.54. The SMILES string of the molecule is c1ccc(-c2ccc3c(c2)sc2cc(-c4ccccc4)cc(N(c4cccc5c4sc4ccccc45)c4ccc(-c5ccccc5)c5sc6cc(-c7ccccc7)ccc6c45)c23)cc1. The molecule has 0 radical (unpaired) electrons. The highest BCUT2D eigenvalue weighted by Gasteiger charge is 2.27. The largest absolute Gasteiger partial charge is 0.308 e. The predicted molar refractivity (Wildman–Crippen MR) is 282 cm³/mol. The van der Waals surface area contributed by atoms with Crippen LogP contribution in [0.25, 0.3) is 105 Å². The molecule has 300 valence electrons. The van der Waals surface area contributed by atoms with Gasteiger partial charge < -0.3 is 4.90 Å². The molecule has 13 rings (SSSR count). The third-order valence-electron chi connectivity index (χ3n) is 12.7. The minimum atomic E-state index is 1.17. The first-order chi connectivity index (χ1) is 31.7. The molecule has 1 nitrogen and oxygen atoms in total. The minimum Gasteiger partial charge on any atom is -0.308 e. The molecular formula is C60H37NS3. The van der Waals surface area contributed by atoms with Crippen molar-refractivity contribution in [2.45, 2.75) is 0 Å². The molecule has 0 aliphatic heterocycles. The van der Waals surface area contributed by atoms with Crippen LogP contribution < -0.4 is 4.90 Å². The molecule has 10 aromatic carbocycles. The number of hydrogen-bond acceptors (Lipinski definition) is 4. The molecule has 13 aromatic rings. The zero-order valence-electron chi connectivity index (χ0n) is 34.5. The summed E-state index contributed by atoms with van der Waals surface area (Å²) in [6.45, 7) is 0. The smallest absolute Gasteiger partial charge is 0.0640 e. The van der Waals surface area contributed by atoms with E-state index in [2.05, 4.69) is 229 Å². The van der Waals surface area contributed by atoms with Gasteiger partial charge in [-0.1, -0.05) is 182 Å². The predicted octanol–water partition coefficient (Wildman–Crippen LogP) is 18.9. The van der Waals surface area contributed by atoms with Crippen LogP contribution in [-0.2, 0) is 0 Å². The number of thiophene rings is 3. The Balaban J connectivity index is 1.17. The Kier molecular flexibility index (Phi) is 8.83. The summed E-state index contributed by atoms with van der Waals surface area (Å²) in [7, 11) is 0. The summed E-state index contributed by atoms with van der Waals surface area (Å²) in [6.07, 6.45) is 0. The topological polar surface area (TPSA) is 3.24 Å². The maximum Gasteiger partial charge on any atom is 0.0640 e. The van der Waals surface area contributed by atoms with E-state index in [1.54, 1.807) is 0 Å². The highest BCUT2D eigenvalue weighted by molar-refractivity contribution is 7.27. The van der Waals surface area contributed by atoms with Gasteiger partial charge in [0, 0.05) is 55.8 Å². The molecule has 0 aliphatic rings. The fraction of sp³-hybridized carbons (Fsp3) is 0. The van der Waals surface area contributed by atoms with Gasteiger partial charge in [-0.15, -0.1) is 34.0 Å². The molecule has 0 aliphatic carbocycles. The number of rotatable bonds is 7. The maximum atomic E-state index is 2.62. The van der Waals surface area contributed by atoms with Crippen molar-refractivity contribution in [3.8, 4) is 44.5 Å². The van der Waals surface area contributed by atoms with Gasteiger partial charge in [-0.3, -0.25) is 0 Å². The molecular weight excluding hydrogens is 831 g/mol. The van der Waals surface area contributed by atoms with Gasteiger partial charge >= 0.3 is 0 Å². The quantitative estimate of drug-likeness (QED) is 0.154. The average molecular weight is 868 g/mol. The third kappa shape index (κ3) is 6.10. The molecule has 3 heterocycles. The van der Waals surface area contributed by atoms with Crippen LogP contribution in [0.2, 0.25) is 0 Å². The molecule has 0 spiro atoms. The number of hydrogen-bond donors (Lipinski definition) is 0. The van der Waals surface area contributed by atoms with Gasteiger partial charge in [0.05, 0.1) is 21.8 Å². The Morgan fingerprint density at radius 1 is 0.250 bits per heavy atom. The summed E-state index contributed by atoms with van der Waals surface area (Å²) in [5.41, 5.74) is 13.3. The number of benzene rings is 10. The van der Waals surface area contributed by atoms with Crippen LogP contribution in [0.4, 0.5) is 17.1 Å². The summed E-state index contributed by atoms with van der Waals surface area (Å²) in [6, 6.07) is 82.9. The van der Waals surface area contributed by atoms with Crippen molar-refractivity contribution in [2.24, 2.45) is 0 Å². The summed E-state index contributed by atoms with van der Waals surface area (Å²) < 4.78 is 7.68. The molecule has 3 aromatic heterocycles. The lowest BCUT2D eigenvalue weighted by molar-refractivity contribution is 1.34. The first-order valence-electron chi connectivity index (χ1n) is 21.7. The first-order valence-corrected chi connectivity index (χ1v) is 24.1. The third-order valence-corrected chi connectivity index (χ3v) is 16.2. The molecule has 0 unspecified atom stereocenters. The summed E-state index contributed by atoms with van der Waals surface area (Å²) in [5, 5.41) is 7.63. The van der Waals surface area contributed by atoms with Gasteiger partial charge in [0.25, 0.3) is 0 Å². The second kappa shape index (κ2) is 15.2. The van der Waals surface area contributed by atoms with Crippen molar-refractivity contribution in [2.75, 3.05) is 4.90 Å². The van der Waals surface area contributed by atoms with E-state index in [-0.39, 0.29) is 0 Å². The van der Waals surface area contributed by atoms with Crippen molar-refractivity contribution in [1.29, 1.82) is 0 Å². The van der Waals surface area contributed by atoms with Gasteiger partial charge in [0.1, 0.15) is 0 Å². The Labute approximate surface area is 383 Å². The lowest BCUT2D eigenvalue weighted by Crippen LogP contribution is -2.11. The van der Waals surface area contributed by atoms with Gasteiger partial charge in [0.2, 0.25) is 0 Å². The minimum absolute atomic E-state index is 1.17. The fourth-order valence-electron chi connectivity index (χ4n) is 9.67. The van der Waals surface area contributed by atoms with Crippen LogP contribution in [0.1, 0.15) is 0 Å². The van der Waals surface area contributed by atoms with E-state index in [1.807, 2.05) is 34.0 Å². The van der Waals surface area contributed by atoms with Gasteiger partial charge in [-0.05, 0) is 87.0 Å². The van der Waals surface area contributed by atoms with E-state index < -0.39 is 0 Å². The Morgan fingerprint density at radius 2 is 0.781 bits per heavy atom. The van der Waals surface area contributed by atoms with Crippen molar-refractivity contribution in [3.05, 3.63) is 224 Å². The monoisotopic (exact) mass is 867 g/mol. The van der Waals surface area contributed by atoms with Gasteiger partial charge in [0.15, 0.2) is 0 Å². The Morgan fingerprint density at radius 3 is 1.45 bits per heavy atom. The van der Waals surface area contributed by atoms with Gasteiger partial charge in [-0.2, -0.15) is 0 Å². The van der Waals surface area contributed by atoms with Crippen LogP contribution in [0, 0.1) is 0 Å². The van der Waals surface area contributed by atoms with Crippen LogP contribution >= 0.6 is 34.0 Å². The van der Waals surface area contributed by atoms with E-state index in [9.17, 15) is 0 Å². The van der Waals surface area contributed by atoms with E-state index in [0.717, 1.165) is 0 Å². The van der Waals surface area contributed by atoms with E-state index >= 15 is 0 Å². The fourth-order valence-corrected chi connectivity index (χ4v) is 13.4. The zero-order chi connectivity index (χ0) is 42.1. The summed E-state index contributed by atoms with van der Waals surface area (Å²) in [4.78, 5) is 2.62. The summed E-state index contributed by atoms with van der Waals surface area (Å²) in [5.74, 6) is 0. The van der Waals surface area contributed by atoms with Crippen molar-refractivity contribution >= 4 is 112 Å². The molecule has 0 bridgehead atoms. The maximum absolute atomic E-state index is 2.62. The number of anilines is 3. The number of fused-ring (bicyclic) bond motifs is 9. The van der Waals surface area contributed by atoms with Crippen LogP contribution in [0.15, 0.2) is 224 Å². The standard InChI is InChI=1S/C60H37NS3/c1-5-16-38(17-6-1)42-28-30-48-54(35-42)62-56-37-44(40-20-9-3-10-21-40)34-52(57(48)56)61(51-26-15-25-47-46-24-13-14-27-53(46)63-59(47)51)50-33-32-45(41-22-11-4-12-23-41)60-58(50)49-31-29-43(36-55(49)64-60)39-18-7-2-8-19-39/h1-37H. The average Bonchev–Trinajstić information content (AvgIpc) is 4.07. The molecule has 0 N–H and O–H groups in total. The Hall–Kier alpha value is -7.34. The summed E-state index contributed by atoms with van der Waals surface area (Å²) >= 11 is 5.69. The molecule has 0 atom stereocenters. The second-order valence-electron chi connectivity index (χ2n) is 16.4. The molecule has 0 saturated heterocycles. The first kappa shape index (κ1) is 37.2. The molecule has 0 saturated carbocycles. The normalized spacial score (nSPS) is 11.8. The Bertz CT molecular complexity index is 3880. The van der Waals surface area contributed by atoms with Crippen molar-refractivity contribution < 1.29 is 0 Å². The van der Waals surface area contributed by atoms with Crippen molar-refractivity contribution in [3.63, 3.8) is 0 Å². The van der Waals surface area contributed by atoms with Crippen molar-refractivity contribution in [1.82, 2.24) is 0 Å². The molecule has 64 heavy (non-hydrogen) atoms.